The van der Waals surface area contributed by atoms with Gasteiger partial charge in [0.15, 0.2) is 0 Å². The second-order valence-corrected chi connectivity index (χ2v) is 16.7. The molecule has 10 nitrogen and oxygen atoms in total. The van der Waals surface area contributed by atoms with Gasteiger partial charge in [0, 0.05) is 0 Å². The summed E-state index contributed by atoms with van der Waals surface area (Å²) in [4.78, 5) is 29.4. The van der Waals surface area contributed by atoms with E-state index in [1.807, 2.05) is 48.5 Å². The predicted molar refractivity (Wildman–Crippen MR) is 192 cm³/mol. The molecule has 13 heteroatoms. The summed E-state index contributed by atoms with van der Waals surface area (Å²) in [6.45, 7) is 15.8. The second kappa shape index (κ2) is 25.7. The number of ether oxygens (including phenoxy) is 1. The minimum atomic E-state index is -5.59. The van der Waals surface area contributed by atoms with Crippen molar-refractivity contribution in [2.24, 2.45) is 29.1 Å². The van der Waals surface area contributed by atoms with Gasteiger partial charge in [-0.1, -0.05) is 152 Å². The van der Waals surface area contributed by atoms with Crippen LogP contribution in [0.5, 0.6) is 0 Å². The summed E-state index contributed by atoms with van der Waals surface area (Å²) in [6, 6.07) is 0. The van der Waals surface area contributed by atoms with Gasteiger partial charge < -0.3 is 8.92 Å². The number of esters is 1. The molecule has 0 saturated carbocycles. The third-order valence-corrected chi connectivity index (χ3v) is 12.6. The molecular formula is C36H70NaO10S2+. The fourth-order valence-electron chi connectivity index (χ4n) is 7.29. The molecule has 0 fully saturated rings. The van der Waals surface area contributed by atoms with Gasteiger partial charge >= 0.3 is 51.9 Å². The Balaban J connectivity index is 0. The zero-order valence-corrected chi connectivity index (χ0v) is 36.1. The number of hydrogen-bond donors (Lipinski definition) is 2. The van der Waals surface area contributed by atoms with E-state index in [9.17, 15) is 30.7 Å². The Kier molecular flexibility index (Phi) is 26.7. The Morgan fingerprint density at radius 1 is 0.571 bits per heavy atom. The molecule has 0 bridgehead atoms. The number of rotatable bonds is 29. The van der Waals surface area contributed by atoms with Crippen LogP contribution in [0.1, 0.15) is 177 Å². The maximum atomic E-state index is 15.0. The van der Waals surface area contributed by atoms with E-state index in [0.717, 1.165) is 51.4 Å². The molecule has 49 heavy (non-hydrogen) atoms. The van der Waals surface area contributed by atoms with Crippen molar-refractivity contribution >= 4 is 32.5 Å². The van der Waals surface area contributed by atoms with E-state index in [4.69, 9.17) is 4.74 Å². The molecule has 0 radical (unpaired) electrons. The van der Waals surface area contributed by atoms with Gasteiger partial charge in [-0.15, -0.1) is 0 Å². The largest absolute Gasteiger partial charge is 1.00 e. The Morgan fingerprint density at radius 3 is 1.22 bits per heavy atom. The van der Waals surface area contributed by atoms with Gasteiger partial charge in [0.25, 0.3) is 10.1 Å². The summed E-state index contributed by atoms with van der Waals surface area (Å²) in [7, 11) is -11.1. The monoisotopic (exact) mass is 749 g/mol. The van der Waals surface area contributed by atoms with E-state index in [1.165, 1.54) is 0 Å². The summed E-state index contributed by atoms with van der Waals surface area (Å²) >= 11 is 0. The molecule has 2 N–H and O–H groups in total. The van der Waals surface area contributed by atoms with Crippen molar-refractivity contribution < 1.29 is 74.0 Å². The molecule has 286 valence electrons. The Hall–Kier alpha value is -0.240. The van der Waals surface area contributed by atoms with Gasteiger partial charge in [-0.3, -0.25) is 13.9 Å². The first kappa shape index (κ1) is 50.9. The van der Waals surface area contributed by atoms with E-state index >= 15 is 4.79 Å². The topological polar surface area (TPSA) is 161 Å². The standard InChI is InChI=1S/C36H70O10S2.Na/c1-9-17-21-29(13-5)25-35(26-30(14-6)22-18-10-2,33(37)45-28-32(16-8)24-20-12-4)36(47(39,40)41,34(38)46-48(42,43)44)27-31(15-7)23-19-11-3;/h29-32H,9-28H2,1-8H3,(H,39,40,41)(H,42,43,44);/q;+1. The molecule has 0 heterocycles. The van der Waals surface area contributed by atoms with Gasteiger partial charge in [-0.05, 0) is 49.4 Å². The van der Waals surface area contributed by atoms with Crippen molar-refractivity contribution in [2.45, 2.75) is 182 Å². The molecule has 5 unspecified atom stereocenters. The number of carbonyl (C=O) groups excluding carboxylic acids is 2. The van der Waals surface area contributed by atoms with Crippen molar-refractivity contribution in [3.05, 3.63) is 0 Å². The molecule has 0 aliphatic carbocycles. The average Bonchev–Trinajstić information content (AvgIpc) is 3.02. The van der Waals surface area contributed by atoms with Crippen LogP contribution in [0.15, 0.2) is 0 Å². The number of hydrogen-bond acceptors (Lipinski definition) is 8. The first-order valence-electron chi connectivity index (χ1n) is 18.9. The Bertz CT molecular complexity index is 1110. The molecule has 0 saturated heterocycles. The minimum absolute atomic E-state index is 0. The first-order valence-corrected chi connectivity index (χ1v) is 21.7. The number of unbranched alkanes of at least 4 members (excludes halogenated alkanes) is 4. The summed E-state index contributed by atoms with van der Waals surface area (Å²) in [5.41, 5.74) is -2.20. The normalized spacial score (nSPS) is 17.1. The fraction of sp³-hybridized carbons (Fsp3) is 0.944. The summed E-state index contributed by atoms with van der Waals surface area (Å²) < 4.78 is 81.4. The van der Waals surface area contributed by atoms with Gasteiger partial charge in [-0.2, -0.15) is 16.8 Å². The first-order chi connectivity index (χ1) is 22.5. The van der Waals surface area contributed by atoms with E-state index in [-0.39, 0.29) is 66.8 Å². The van der Waals surface area contributed by atoms with Crippen LogP contribution in [0.2, 0.25) is 0 Å². The van der Waals surface area contributed by atoms with Crippen molar-refractivity contribution in [1.82, 2.24) is 0 Å². The van der Waals surface area contributed by atoms with Crippen LogP contribution < -0.4 is 29.6 Å². The van der Waals surface area contributed by atoms with Gasteiger partial charge in [0.2, 0.25) is 4.75 Å². The van der Waals surface area contributed by atoms with Crippen LogP contribution >= 0.6 is 0 Å². The van der Waals surface area contributed by atoms with Crippen molar-refractivity contribution in [3.63, 3.8) is 0 Å². The molecule has 0 rings (SSSR count). The Labute approximate surface area is 322 Å². The second-order valence-electron chi connectivity index (χ2n) is 14.1. The summed E-state index contributed by atoms with van der Waals surface area (Å²) in [5.74, 6) is -3.79. The number of carbonyl (C=O) groups is 2. The van der Waals surface area contributed by atoms with E-state index < -0.39 is 55.0 Å². The smallest absolute Gasteiger partial charge is 0.465 e. The molecular weight excluding hydrogens is 680 g/mol. The molecule has 0 amide bonds. The molecule has 0 aromatic rings. The van der Waals surface area contributed by atoms with Crippen LogP contribution in [-0.4, -0.2) is 49.2 Å². The van der Waals surface area contributed by atoms with Crippen LogP contribution in [-0.2, 0) is 39.0 Å². The van der Waals surface area contributed by atoms with Gasteiger partial charge in [0.05, 0.1) is 6.61 Å². The third-order valence-electron chi connectivity index (χ3n) is 10.6. The zero-order valence-electron chi connectivity index (χ0n) is 32.4. The van der Waals surface area contributed by atoms with Gasteiger partial charge in [0.1, 0.15) is 5.41 Å². The Morgan fingerprint density at radius 2 is 0.918 bits per heavy atom. The zero-order chi connectivity index (χ0) is 37.0. The summed E-state index contributed by atoms with van der Waals surface area (Å²) in [5, 5.41) is 0. The maximum Gasteiger partial charge on any atom is 1.00 e. The van der Waals surface area contributed by atoms with E-state index in [2.05, 4.69) is 11.1 Å². The molecule has 0 spiro atoms. The van der Waals surface area contributed by atoms with Gasteiger partial charge in [-0.25, -0.2) is 4.79 Å². The molecule has 0 aliphatic rings. The van der Waals surface area contributed by atoms with Crippen LogP contribution in [0.25, 0.3) is 0 Å². The predicted octanol–water partition coefficient (Wildman–Crippen LogP) is 6.53. The molecule has 0 aromatic carbocycles. The SMILES string of the molecule is CCCCC(CC)COC(=O)C(CC(CC)CCCC)(CC(CC)CCCC)C(CC(CC)CCCC)(C(=O)OS(=O)(=O)O)S(=O)(=O)O.[Na+]. The molecule has 0 aliphatic heterocycles. The van der Waals surface area contributed by atoms with E-state index in [1.54, 1.807) is 0 Å². The summed E-state index contributed by atoms with van der Waals surface area (Å²) in [6.07, 6.45) is 10.5. The van der Waals surface area contributed by atoms with Crippen molar-refractivity contribution in [3.8, 4) is 0 Å². The van der Waals surface area contributed by atoms with Crippen molar-refractivity contribution in [2.75, 3.05) is 6.61 Å². The maximum absolute atomic E-state index is 15.0. The van der Waals surface area contributed by atoms with Crippen LogP contribution in [0.3, 0.4) is 0 Å². The fourth-order valence-corrected chi connectivity index (χ4v) is 9.12. The van der Waals surface area contributed by atoms with Crippen molar-refractivity contribution in [1.29, 1.82) is 0 Å². The van der Waals surface area contributed by atoms with Crippen LogP contribution in [0.4, 0.5) is 0 Å². The average molecular weight is 750 g/mol. The van der Waals surface area contributed by atoms with E-state index in [0.29, 0.717) is 51.4 Å². The quantitative estimate of drug-likeness (QED) is 0.0489. The molecule has 5 atom stereocenters. The third kappa shape index (κ3) is 16.1. The van der Waals surface area contributed by atoms with Crippen LogP contribution in [0, 0.1) is 29.1 Å². The minimum Gasteiger partial charge on any atom is -0.465 e. The molecule has 0 aromatic heterocycles.